The summed E-state index contributed by atoms with van der Waals surface area (Å²) in [4.78, 5) is 0. The van der Waals surface area contributed by atoms with E-state index >= 15 is 0 Å². The lowest BCUT2D eigenvalue weighted by Gasteiger charge is -2.15. The Balaban J connectivity index is 2.24. The number of hydrogen-bond donors (Lipinski definition) is 1. The van der Waals surface area contributed by atoms with Gasteiger partial charge in [0.25, 0.3) is 0 Å². The van der Waals surface area contributed by atoms with Gasteiger partial charge < -0.3 is 9.84 Å². The zero-order chi connectivity index (χ0) is 13.7. The Morgan fingerprint density at radius 3 is 2.63 bits per heavy atom. The zero-order valence-corrected chi connectivity index (χ0v) is 11.5. The van der Waals surface area contributed by atoms with Crippen LogP contribution in [-0.2, 0) is 0 Å². The van der Waals surface area contributed by atoms with Gasteiger partial charge in [0.1, 0.15) is 11.9 Å². The van der Waals surface area contributed by atoms with E-state index in [4.69, 9.17) is 4.74 Å². The van der Waals surface area contributed by atoms with E-state index in [1.807, 2.05) is 55.5 Å². The van der Waals surface area contributed by atoms with Crippen molar-refractivity contribution in [2.24, 2.45) is 0 Å². The topological polar surface area (TPSA) is 29.5 Å². The Hall–Kier alpha value is -1.80. The van der Waals surface area contributed by atoms with E-state index in [-0.39, 0.29) is 0 Å². The van der Waals surface area contributed by atoms with Gasteiger partial charge in [0.2, 0.25) is 0 Å². The Bertz CT molecular complexity index is 534. The first-order valence-corrected chi connectivity index (χ1v) is 6.68. The minimum Gasteiger partial charge on any atom is -0.494 e. The second-order valence-corrected chi connectivity index (χ2v) is 4.68. The Kier molecular flexibility index (Phi) is 4.58. The van der Waals surface area contributed by atoms with Crippen LogP contribution in [0, 0.1) is 6.92 Å². The highest BCUT2D eigenvalue weighted by Crippen LogP contribution is 2.27. The lowest BCUT2D eigenvalue weighted by molar-refractivity contribution is 0.218. The molecule has 0 aliphatic rings. The monoisotopic (exact) mass is 256 g/mol. The molecule has 2 aromatic carbocycles. The SMILES string of the molecule is CCCOc1cccc(C(O)c2ccccc2C)c1. The van der Waals surface area contributed by atoms with Gasteiger partial charge in [0, 0.05) is 0 Å². The first kappa shape index (κ1) is 13.6. The molecule has 0 bridgehead atoms. The van der Waals surface area contributed by atoms with E-state index in [2.05, 4.69) is 6.92 Å². The van der Waals surface area contributed by atoms with Crippen molar-refractivity contribution in [3.63, 3.8) is 0 Å². The van der Waals surface area contributed by atoms with E-state index < -0.39 is 6.10 Å². The molecule has 2 heteroatoms. The van der Waals surface area contributed by atoms with Gasteiger partial charge >= 0.3 is 0 Å². The van der Waals surface area contributed by atoms with Crippen LogP contribution in [0.2, 0.25) is 0 Å². The maximum atomic E-state index is 10.5. The average Bonchev–Trinajstić information content (AvgIpc) is 2.45. The number of aliphatic hydroxyl groups excluding tert-OH is 1. The average molecular weight is 256 g/mol. The molecular formula is C17H20O2. The molecule has 100 valence electrons. The summed E-state index contributed by atoms with van der Waals surface area (Å²) in [6.07, 6.45) is 0.372. The predicted octanol–water partition coefficient (Wildman–Crippen LogP) is 3.87. The number of aryl methyl sites for hydroxylation is 1. The lowest BCUT2D eigenvalue weighted by Crippen LogP contribution is -2.03. The summed E-state index contributed by atoms with van der Waals surface area (Å²) >= 11 is 0. The fourth-order valence-corrected chi connectivity index (χ4v) is 2.07. The van der Waals surface area contributed by atoms with Gasteiger partial charge in [-0.25, -0.2) is 0 Å². The maximum absolute atomic E-state index is 10.5. The van der Waals surface area contributed by atoms with Crippen molar-refractivity contribution in [2.75, 3.05) is 6.61 Å². The number of rotatable bonds is 5. The molecule has 1 unspecified atom stereocenters. The molecule has 0 aliphatic carbocycles. The molecule has 19 heavy (non-hydrogen) atoms. The zero-order valence-electron chi connectivity index (χ0n) is 11.5. The van der Waals surface area contributed by atoms with E-state index in [1.54, 1.807) is 0 Å². The van der Waals surface area contributed by atoms with Crippen LogP contribution < -0.4 is 4.74 Å². The standard InChI is InChI=1S/C17H20O2/c1-3-11-19-15-9-6-8-14(12-15)17(18)16-10-5-4-7-13(16)2/h4-10,12,17-18H,3,11H2,1-2H3. The maximum Gasteiger partial charge on any atom is 0.119 e. The summed E-state index contributed by atoms with van der Waals surface area (Å²) in [6.45, 7) is 4.78. The second kappa shape index (κ2) is 6.39. The normalized spacial score (nSPS) is 12.2. The number of aliphatic hydroxyl groups is 1. The van der Waals surface area contributed by atoms with Crippen molar-refractivity contribution in [3.05, 3.63) is 65.2 Å². The van der Waals surface area contributed by atoms with E-state index in [0.717, 1.165) is 28.9 Å². The Morgan fingerprint density at radius 2 is 1.89 bits per heavy atom. The molecule has 1 N–H and O–H groups in total. The van der Waals surface area contributed by atoms with Gasteiger partial charge in [0.15, 0.2) is 0 Å². The fraction of sp³-hybridized carbons (Fsp3) is 0.294. The smallest absolute Gasteiger partial charge is 0.119 e. The summed E-state index contributed by atoms with van der Waals surface area (Å²) in [5.41, 5.74) is 2.90. The first-order valence-electron chi connectivity index (χ1n) is 6.68. The van der Waals surface area contributed by atoms with Gasteiger partial charge in [-0.15, -0.1) is 0 Å². The summed E-state index contributed by atoms with van der Waals surface area (Å²) in [6, 6.07) is 15.6. The van der Waals surface area contributed by atoms with Crippen molar-refractivity contribution in [3.8, 4) is 5.75 Å². The first-order chi connectivity index (χ1) is 9.22. The van der Waals surface area contributed by atoms with Crippen LogP contribution in [0.5, 0.6) is 5.75 Å². The fourth-order valence-electron chi connectivity index (χ4n) is 2.07. The second-order valence-electron chi connectivity index (χ2n) is 4.68. The highest BCUT2D eigenvalue weighted by atomic mass is 16.5. The third kappa shape index (κ3) is 3.36. The third-order valence-corrected chi connectivity index (χ3v) is 3.13. The molecule has 1 atom stereocenters. The van der Waals surface area contributed by atoms with Crippen molar-refractivity contribution in [2.45, 2.75) is 26.4 Å². The molecule has 0 saturated carbocycles. The molecule has 0 fully saturated rings. The molecule has 0 saturated heterocycles. The predicted molar refractivity (Wildman–Crippen MR) is 77.5 cm³/mol. The molecule has 2 aromatic rings. The molecule has 0 aliphatic heterocycles. The van der Waals surface area contributed by atoms with Crippen molar-refractivity contribution in [1.82, 2.24) is 0 Å². The molecule has 0 spiro atoms. The van der Waals surface area contributed by atoms with Crippen LogP contribution in [0.3, 0.4) is 0 Å². The lowest BCUT2D eigenvalue weighted by atomic mass is 9.97. The number of benzene rings is 2. The molecule has 0 aromatic heterocycles. The van der Waals surface area contributed by atoms with E-state index in [0.29, 0.717) is 6.61 Å². The summed E-state index contributed by atoms with van der Waals surface area (Å²) < 4.78 is 5.60. The van der Waals surface area contributed by atoms with Crippen molar-refractivity contribution < 1.29 is 9.84 Å². The summed E-state index contributed by atoms with van der Waals surface area (Å²) in [5, 5.41) is 10.5. The molecule has 0 amide bonds. The Morgan fingerprint density at radius 1 is 1.11 bits per heavy atom. The molecule has 2 rings (SSSR count). The van der Waals surface area contributed by atoms with Crippen LogP contribution in [0.25, 0.3) is 0 Å². The van der Waals surface area contributed by atoms with E-state index in [9.17, 15) is 5.11 Å². The molecular weight excluding hydrogens is 236 g/mol. The van der Waals surface area contributed by atoms with Gasteiger partial charge in [0.05, 0.1) is 6.61 Å². The highest BCUT2D eigenvalue weighted by Gasteiger charge is 2.12. The summed E-state index contributed by atoms with van der Waals surface area (Å²) in [5.74, 6) is 0.812. The minimum absolute atomic E-state index is 0.605. The van der Waals surface area contributed by atoms with Crippen LogP contribution in [0.1, 0.15) is 36.1 Å². The molecule has 0 radical (unpaired) electrons. The summed E-state index contributed by atoms with van der Waals surface area (Å²) in [7, 11) is 0. The van der Waals surface area contributed by atoms with Gasteiger partial charge in [-0.2, -0.15) is 0 Å². The van der Waals surface area contributed by atoms with Crippen LogP contribution in [0.4, 0.5) is 0 Å². The quantitative estimate of drug-likeness (QED) is 0.880. The van der Waals surface area contributed by atoms with Crippen molar-refractivity contribution >= 4 is 0 Å². The number of ether oxygens (including phenoxy) is 1. The van der Waals surface area contributed by atoms with Crippen molar-refractivity contribution in [1.29, 1.82) is 0 Å². The molecule has 0 heterocycles. The number of hydrogen-bond acceptors (Lipinski definition) is 2. The highest BCUT2D eigenvalue weighted by molar-refractivity contribution is 5.38. The minimum atomic E-state index is -0.605. The van der Waals surface area contributed by atoms with Crippen LogP contribution in [-0.4, -0.2) is 11.7 Å². The Labute approximate surface area is 114 Å². The van der Waals surface area contributed by atoms with Gasteiger partial charge in [-0.1, -0.05) is 43.3 Å². The largest absolute Gasteiger partial charge is 0.494 e. The third-order valence-electron chi connectivity index (χ3n) is 3.13. The van der Waals surface area contributed by atoms with Crippen LogP contribution >= 0.6 is 0 Å². The van der Waals surface area contributed by atoms with E-state index in [1.165, 1.54) is 0 Å². The van der Waals surface area contributed by atoms with Crippen LogP contribution in [0.15, 0.2) is 48.5 Å². The van der Waals surface area contributed by atoms with Gasteiger partial charge in [-0.3, -0.25) is 0 Å². The van der Waals surface area contributed by atoms with Gasteiger partial charge in [-0.05, 0) is 42.2 Å². The molecule has 2 nitrogen and oxygen atoms in total.